The zero-order valence-electron chi connectivity index (χ0n) is 21.0. The highest BCUT2D eigenvalue weighted by Crippen LogP contribution is 2.39. The number of nitrogens with one attached hydrogen (secondary N) is 1. The first-order valence-electron chi connectivity index (χ1n) is 12.5. The van der Waals surface area contributed by atoms with Gasteiger partial charge in [0.05, 0.1) is 33.7 Å². The van der Waals surface area contributed by atoms with Gasteiger partial charge in [0.15, 0.2) is 0 Å². The average Bonchev–Trinajstić information content (AvgIpc) is 3.27. The van der Waals surface area contributed by atoms with Crippen LogP contribution in [0.15, 0.2) is 46.2 Å². The molecule has 2 aromatic heterocycles. The first-order valence-corrected chi connectivity index (χ1v) is 14.0. The molecule has 3 aromatic rings. The van der Waals surface area contributed by atoms with Gasteiger partial charge in [-0.05, 0) is 69.4 Å². The van der Waals surface area contributed by atoms with E-state index in [-0.39, 0.29) is 22.1 Å². The van der Waals surface area contributed by atoms with E-state index in [1.807, 2.05) is 6.07 Å². The number of anilines is 1. The molecule has 196 valence electrons. The minimum absolute atomic E-state index is 0.0698. The number of aliphatic hydroxyl groups is 1. The van der Waals surface area contributed by atoms with Crippen molar-refractivity contribution in [3.8, 4) is 18.4 Å². The van der Waals surface area contributed by atoms with Crippen molar-refractivity contribution in [2.24, 2.45) is 0 Å². The Bertz CT molecular complexity index is 1630. The topological polar surface area (TPSA) is 141 Å². The van der Waals surface area contributed by atoms with Crippen LogP contribution in [0.3, 0.4) is 0 Å². The van der Waals surface area contributed by atoms with E-state index in [1.54, 1.807) is 19.2 Å². The van der Waals surface area contributed by atoms with Crippen LogP contribution in [0.25, 0.3) is 11.0 Å². The molecule has 0 bridgehead atoms. The molecule has 0 radical (unpaired) electrons. The van der Waals surface area contributed by atoms with E-state index >= 15 is 0 Å². The van der Waals surface area contributed by atoms with Crippen LogP contribution >= 0.6 is 0 Å². The number of nitriles is 1. The van der Waals surface area contributed by atoms with Crippen LogP contribution in [0.4, 0.5) is 5.95 Å². The minimum Gasteiger partial charge on any atom is -0.388 e. The molecule has 1 aromatic carbocycles. The molecule has 0 unspecified atom stereocenters. The maximum atomic E-state index is 13.2. The maximum absolute atomic E-state index is 13.2. The number of rotatable bonds is 5. The number of hydrogen-bond acceptors (Lipinski definition) is 8. The molecule has 2 aliphatic rings. The summed E-state index contributed by atoms with van der Waals surface area (Å²) in [5.74, 6) is 2.76. The molecule has 2 N–H and O–H groups in total. The van der Waals surface area contributed by atoms with Gasteiger partial charge in [-0.15, -0.1) is 6.42 Å². The molecule has 1 saturated carbocycles. The van der Waals surface area contributed by atoms with Crippen molar-refractivity contribution in [3.63, 3.8) is 0 Å². The number of hydrogen-bond donors (Lipinski definition) is 2. The van der Waals surface area contributed by atoms with Gasteiger partial charge in [-0.1, -0.05) is 5.92 Å². The summed E-state index contributed by atoms with van der Waals surface area (Å²) >= 11 is 0. The zero-order valence-corrected chi connectivity index (χ0v) is 21.8. The molecule has 0 amide bonds. The number of terminal acetylenes is 1. The van der Waals surface area contributed by atoms with Gasteiger partial charge in [-0.2, -0.15) is 14.6 Å². The fourth-order valence-electron chi connectivity index (χ4n) is 5.39. The molecule has 2 atom stereocenters. The lowest BCUT2D eigenvalue weighted by atomic mass is 9.99. The van der Waals surface area contributed by atoms with Crippen LogP contribution in [0.5, 0.6) is 0 Å². The Morgan fingerprint density at radius 2 is 1.92 bits per heavy atom. The van der Waals surface area contributed by atoms with Gasteiger partial charge in [-0.3, -0.25) is 9.36 Å². The fraction of sp³-hybridized carbons (Fsp3) is 0.407. The Morgan fingerprint density at radius 1 is 1.21 bits per heavy atom. The predicted molar refractivity (Wildman–Crippen MR) is 142 cm³/mol. The monoisotopic (exact) mass is 532 g/mol. The van der Waals surface area contributed by atoms with Crippen LogP contribution in [0.2, 0.25) is 0 Å². The highest BCUT2D eigenvalue weighted by molar-refractivity contribution is 7.89. The lowest BCUT2D eigenvalue weighted by molar-refractivity contribution is 0.0266. The van der Waals surface area contributed by atoms with E-state index in [1.165, 1.54) is 33.1 Å². The first-order chi connectivity index (χ1) is 18.1. The number of piperidine rings is 1. The number of benzene rings is 1. The summed E-state index contributed by atoms with van der Waals surface area (Å²) in [5, 5.41) is 23.8. The van der Waals surface area contributed by atoms with E-state index in [9.17, 15) is 18.3 Å². The van der Waals surface area contributed by atoms with Crippen molar-refractivity contribution in [1.82, 2.24) is 18.8 Å². The third-order valence-corrected chi connectivity index (χ3v) is 9.44. The summed E-state index contributed by atoms with van der Waals surface area (Å²) in [7, 11) is -3.66. The lowest BCUT2D eigenvalue weighted by Crippen LogP contribution is -2.42. The first kappa shape index (κ1) is 25.9. The van der Waals surface area contributed by atoms with Gasteiger partial charge in [-0.25, -0.2) is 13.4 Å². The minimum atomic E-state index is -3.66. The van der Waals surface area contributed by atoms with Crippen LogP contribution in [0, 0.1) is 23.7 Å². The Kier molecular flexibility index (Phi) is 6.70. The molecule has 3 heterocycles. The summed E-state index contributed by atoms with van der Waals surface area (Å²) in [4.78, 5) is 22.4. The van der Waals surface area contributed by atoms with Crippen molar-refractivity contribution >= 4 is 27.0 Å². The van der Waals surface area contributed by atoms with E-state index < -0.39 is 21.7 Å². The van der Waals surface area contributed by atoms with Crippen molar-refractivity contribution < 1.29 is 13.5 Å². The van der Waals surface area contributed by atoms with Crippen molar-refractivity contribution in [2.75, 3.05) is 18.4 Å². The number of aromatic nitrogens is 3. The molecule has 0 spiro atoms. The van der Waals surface area contributed by atoms with Crippen LogP contribution in [-0.2, 0) is 10.0 Å². The third kappa shape index (κ3) is 4.65. The summed E-state index contributed by atoms with van der Waals surface area (Å²) in [6, 6.07) is 8.95. The van der Waals surface area contributed by atoms with Gasteiger partial charge in [0.2, 0.25) is 16.0 Å². The van der Waals surface area contributed by atoms with E-state index in [0.717, 1.165) is 6.42 Å². The normalized spacial score (nSPS) is 22.7. The van der Waals surface area contributed by atoms with Crippen molar-refractivity contribution in [2.45, 2.75) is 61.6 Å². The highest BCUT2D eigenvalue weighted by atomic mass is 32.2. The quantitative estimate of drug-likeness (QED) is 0.477. The van der Waals surface area contributed by atoms with Gasteiger partial charge in [0, 0.05) is 30.7 Å². The predicted octanol–water partition coefficient (Wildman–Crippen LogP) is 2.39. The Balaban J connectivity index is 1.36. The number of sulfonamides is 1. The second-order valence-electron chi connectivity index (χ2n) is 10.1. The van der Waals surface area contributed by atoms with E-state index in [4.69, 9.17) is 11.7 Å². The van der Waals surface area contributed by atoms with Crippen molar-refractivity contribution in [1.29, 1.82) is 5.26 Å². The molecular weight excluding hydrogens is 504 g/mol. The molecule has 1 aliphatic carbocycles. The smallest absolute Gasteiger partial charge is 0.268 e. The number of nitrogens with zero attached hydrogens (tertiary/aromatic N) is 5. The standard InChI is InChI=1S/C27H28N6O4S/c1-3-19-15-20-17-29-26(31-24(20)33(25(19)34)23-5-4-12-27(23,2)35)30-21-10-13-32(14-11-21)38(36,37)22-8-6-18(16-28)7-9-22/h1,6-9,15,17,21,23,35H,4-5,10-14H2,2H3,(H,29,30,31)/t23-,27-/m1/s1. The molecule has 38 heavy (non-hydrogen) atoms. The second kappa shape index (κ2) is 9.84. The molecule has 5 rings (SSSR count). The van der Waals surface area contributed by atoms with Crippen LogP contribution in [-0.4, -0.2) is 57.1 Å². The van der Waals surface area contributed by atoms with E-state index in [2.05, 4.69) is 21.2 Å². The van der Waals surface area contributed by atoms with Crippen LogP contribution < -0.4 is 10.9 Å². The maximum Gasteiger partial charge on any atom is 0.268 e. The average molecular weight is 533 g/mol. The molecular formula is C27H28N6O4S. The summed E-state index contributed by atoms with van der Waals surface area (Å²) in [5.41, 5.74) is -0.423. The summed E-state index contributed by atoms with van der Waals surface area (Å²) < 4.78 is 29.0. The largest absolute Gasteiger partial charge is 0.388 e. The van der Waals surface area contributed by atoms with Crippen molar-refractivity contribution in [3.05, 3.63) is 58.0 Å². The molecule has 1 aliphatic heterocycles. The molecule has 2 fully saturated rings. The fourth-order valence-corrected chi connectivity index (χ4v) is 6.86. The molecule has 1 saturated heterocycles. The summed E-state index contributed by atoms with van der Waals surface area (Å²) in [6.45, 7) is 2.36. The molecule has 11 heteroatoms. The molecule has 10 nitrogen and oxygen atoms in total. The number of fused-ring (bicyclic) bond motifs is 1. The second-order valence-corrected chi connectivity index (χ2v) is 12.0. The summed E-state index contributed by atoms with van der Waals surface area (Å²) in [6.07, 6.45) is 10.3. The third-order valence-electron chi connectivity index (χ3n) is 7.53. The highest BCUT2D eigenvalue weighted by Gasteiger charge is 2.40. The Labute approximate surface area is 221 Å². The zero-order chi connectivity index (χ0) is 27.1. The Morgan fingerprint density at radius 3 is 2.53 bits per heavy atom. The lowest BCUT2D eigenvalue weighted by Gasteiger charge is -2.32. The van der Waals surface area contributed by atoms with Gasteiger partial charge in [0.25, 0.3) is 5.56 Å². The SMILES string of the molecule is C#Cc1cc2cnc(NC3CCN(S(=O)(=O)c4ccc(C#N)cc4)CC3)nc2n([C@@H]2CCC[C@@]2(C)O)c1=O. The Hall–Kier alpha value is -3.77. The van der Waals surface area contributed by atoms with E-state index in [0.29, 0.717) is 61.3 Å². The van der Waals surface area contributed by atoms with Gasteiger partial charge in [0.1, 0.15) is 5.65 Å². The van der Waals surface area contributed by atoms with Gasteiger partial charge >= 0.3 is 0 Å². The number of pyridine rings is 1. The van der Waals surface area contributed by atoms with Gasteiger partial charge < -0.3 is 10.4 Å². The van der Waals surface area contributed by atoms with Crippen LogP contribution in [0.1, 0.15) is 56.2 Å².